The van der Waals surface area contributed by atoms with E-state index in [-0.39, 0.29) is 18.5 Å². The van der Waals surface area contributed by atoms with Crippen LogP contribution in [0.25, 0.3) is 0 Å². The number of carbonyl (C=O) groups excluding carboxylic acids is 3. The minimum absolute atomic E-state index is 0.0149. The van der Waals surface area contributed by atoms with Gasteiger partial charge in [-0.3, -0.25) is 14.5 Å². The van der Waals surface area contributed by atoms with Crippen LogP contribution in [0.15, 0.2) is 42.5 Å². The number of nitrogens with zero attached hydrogens (tertiary/aromatic N) is 1. The van der Waals surface area contributed by atoms with Crippen molar-refractivity contribution >= 4 is 23.8 Å². The van der Waals surface area contributed by atoms with E-state index in [1.807, 2.05) is 0 Å². The molecule has 2 aromatic rings. The van der Waals surface area contributed by atoms with Crippen LogP contribution in [0, 0.1) is 11.7 Å². The molecule has 1 fully saturated rings. The number of urea groups is 1. The Hall–Kier alpha value is -3.95. The van der Waals surface area contributed by atoms with Gasteiger partial charge in [0.05, 0.1) is 24.6 Å². The van der Waals surface area contributed by atoms with Crippen molar-refractivity contribution in [2.75, 3.05) is 20.2 Å². The third-order valence-corrected chi connectivity index (χ3v) is 5.66. The van der Waals surface area contributed by atoms with Crippen molar-refractivity contribution in [1.82, 2.24) is 15.5 Å². The van der Waals surface area contributed by atoms with E-state index in [4.69, 9.17) is 4.74 Å². The minimum Gasteiger partial charge on any atom is -0.496 e. The highest BCUT2D eigenvalue weighted by atomic mass is 19.1. The van der Waals surface area contributed by atoms with E-state index in [1.165, 1.54) is 37.4 Å². The fourth-order valence-corrected chi connectivity index (χ4v) is 3.86. The smallest absolute Gasteiger partial charge is 0.335 e. The first-order valence-electron chi connectivity index (χ1n) is 10.8. The summed E-state index contributed by atoms with van der Waals surface area (Å²) in [5.74, 6) is -3.11. The first kappa shape index (κ1) is 24.7. The molecule has 0 aliphatic carbocycles. The van der Waals surface area contributed by atoms with E-state index < -0.39 is 48.1 Å². The molecule has 0 saturated carbocycles. The fourth-order valence-electron chi connectivity index (χ4n) is 3.86. The van der Waals surface area contributed by atoms with Gasteiger partial charge in [0.1, 0.15) is 18.1 Å². The largest absolute Gasteiger partial charge is 0.496 e. The van der Waals surface area contributed by atoms with E-state index >= 15 is 0 Å². The predicted molar refractivity (Wildman–Crippen MR) is 120 cm³/mol. The predicted octanol–water partition coefficient (Wildman–Crippen LogP) is 2.51. The normalized spacial score (nSPS) is 16.9. The van der Waals surface area contributed by atoms with Crippen LogP contribution in [-0.4, -0.2) is 54.0 Å². The number of hydrogen-bond acceptors (Lipinski definition) is 5. The van der Waals surface area contributed by atoms with Crippen molar-refractivity contribution in [2.45, 2.75) is 25.8 Å². The summed E-state index contributed by atoms with van der Waals surface area (Å²) in [4.78, 5) is 50.6. The highest BCUT2D eigenvalue weighted by molar-refractivity contribution is 6.00. The lowest BCUT2D eigenvalue weighted by molar-refractivity contribution is -0.133. The number of methoxy groups -OCH3 is 1. The molecule has 1 aliphatic rings. The van der Waals surface area contributed by atoms with Crippen molar-refractivity contribution in [3.8, 4) is 5.75 Å². The Balaban J connectivity index is 1.81. The monoisotopic (exact) mass is 471 g/mol. The molecule has 2 aromatic carbocycles. The number of amides is 4. The van der Waals surface area contributed by atoms with Gasteiger partial charge in [0.15, 0.2) is 0 Å². The molecule has 3 rings (SSSR count). The maximum absolute atomic E-state index is 13.8. The van der Waals surface area contributed by atoms with Crippen LogP contribution in [0.5, 0.6) is 5.75 Å². The topological polar surface area (TPSA) is 125 Å². The van der Waals surface area contributed by atoms with Crippen molar-refractivity contribution in [3.05, 3.63) is 65.0 Å². The summed E-state index contributed by atoms with van der Waals surface area (Å²) in [7, 11) is 1.43. The lowest BCUT2D eigenvalue weighted by Gasteiger charge is -2.25. The molecular formula is C24H26FN3O6. The zero-order valence-corrected chi connectivity index (χ0v) is 18.8. The van der Waals surface area contributed by atoms with Crippen molar-refractivity contribution < 1.29 is 33.4 Å². The Labute approximate surface area is 195 Å². The number of ether oxygens (including phenoxy) is 1. The van der Waals surface area contributed by atoms with Crippen molar-refractivity contribution in [2.24, 2.45) is 5.92 Å². The molecule has 2 atom stereocenters. The van der Waals surface area contributed by atoms with E-state index in [9.17, 15) is 28.7 Å². The van der Waals surface area contributed by atoms with Crippen LogP contribution in [0.4, 0.5) is 9.18 Å². The summed E-state index contributed by atoms with van der Waals surface area (Å²) < 4.78 is 19.0. The molecule has 3 N–H and O–H groups in total. The highest BCUT2D eigenvalue weighted by Gasteiger charge is 2.35. The summed E-state index contributed by atoms with van der Waals surface area (Å²) in [6.45, 7) is 1.32. The molecule has 34 heavy (non-hydrogen) atoms. The Morgan fingerprint density at radius 3 is 2.71 bits per heavy atom. The van der Waals surface area contributed by atoms with Crippen LogP contribution in [0.3, 0.4) is 0 Å². The Morgan fingerprint density at radius 2 is 2.03 bits per heavy atom. The minimum atomic E-state index is -1.10. The molecule has 10 heteroatoms. The van der Waals surface area contributed by atoms with Gasteiger partial charge in [0.25, 0.3) is 0 Å². The molecule has 180 valence electrons. The molecule has 0 unspecified atom stereocenters. The molecule has 0 radical (unpaired) electrons. The number of halogens is 1. The van der Waals surface area contributed by atoms with Gasteiger partial charge in [-0.05, 0) is 54.3 Å². The number of carboxylic acids is 1. The van der Waals surface area contributed by atoms with Crippen LogP contribution in [0.1, 0.15) is 40.9 Å². The van der Waals surface area contributed by atoms with Gasteiger partial charge in [-0.2, -0.15) is 0 Å². The van der Waals surface area contributed by atoms with Gasteiger partial charge in [-0.25, -0.2) is 14.0 Å². The summed E-state index contributed by atoms with van der Waals surface area (Å²) >= 11 is 0. The lowest BCUT2D eigenvalue weighted by atomic mass is 9.97. The number of rotatable bonds is 7. The second-order valence-corrected chi connectivity index (χ2v) is 7.93. The van der Waals surface area contributed by atoms with Gasteiger partial charge < -0.3 is 20.5 Å². The molecule has 1 saturated heterocycles. The van der Waals surface area contributed by atoms with Crippen molar-refractivity contribution in [3.63, 3.8) is 0 Å². The fraction of sp³-hybridized carbons (Fsp3) is 0.333. The summed E-state index contributed by atoms with van der Waals surface area (Å²) in [5.41, 5.74) is 1.07. The van der Waals surface area contributed by atoms with E-state index in [1.54, 1.807) is 19.1 Å². The molecule has 9 nitrogen and oxygen atoms in total. The number of hydrogen-bond donors (Lipinski definition) is 3. The lowest BCUT2D eigenvalue weighted by Crippen LogP contribution is -2.48. The summed E-state index contributed by atoms with van der Waals surface area (Å²) in [6, 6.07) is 8.73. The van der Waals surface area contributed by atoms with Gasteiger partial charge in [-0.15, -0.1) is 0 Å². The second kappa shape index (κ2) is 10.8. The van der Waals surface area contributed by atoms with E-state index in [0.29, 0.717) is 23.3 Å². The number of imide groups is 1. The molecule has 0 aromatic heterocycles. The van der Waals surface area contributed by atoms with Crippen LogP contribution in [-0.2, 0) is 16.0 Å². The highest BCUT2D eigenvalue weighted by Crippen LogP contribution is 2.25. The van der Waals surface area contributed by atoms with Gasteiger partial charge >= 0.3 is 12.0 Å². The molecule has 4 amide bonds. The standard InChI is InChI=1S/C24H26FN3O6/c1-3-19(14-5-4-6-15(9-14)23(31)32)27-24(33)28-13-21(29)26-12-17(22(28)30)10-16-11-18(25)7-8-20(16)34-2/h4-9,11,17,19H,3,10,12-13H2,1-2H3,(H,26,29)(H,27,33)(H,31,32)/t17-,19+/m0/s1. The quantitative estimate of drug-likeness (QED) is 0.570. The zero-order chi connectivity index (χ0) is 24.8. The third-order valence-electron chi connectivity index (χ3n) is 5.66. The van der Waals surface area contributed by atoms with E-state index in [2.05, 4.69) is 10.6 Å². The average Bonchev–Trinajstić information content (AvgIpc) is 2.96. The Kier molecular flexibility index (Phi) is 7.83. The maximum atomic E-state index is 13.8. The number of aromatic carboxylic acids is 1. The van der Waals surface area contributed by atoms with Crippen LogP contribution in [0.2, 0.25) is 0 Å². The zero-order valence-electron chi connectivity index (χ0n) is 18.8. The van der Waals surface area contributed by atoms with Crippen LogP contribution >= 0.6 is 0 Å². The van der Waals surface area contributed by atoms with Gasteiger partial charge in [0.2, 0.25) is 11.8 Å². The summed E-state index contributed by atoms with van der Waals surface area (Å²) in [6.07, 6.45) is 0.481. The molecule has 0 bridgehead atoms. The molecule has 0 spiro atoms. The number of carboxylic acid groups (broad SMARTS) is 1. The number of nitrogens with one attached hydrogen (secondary N) is 2. The van der Waals surface area contributed by atoms with Crippen molar-refractivity contribution in [1.29, 1.82) is 0 Å². The Bertz CT molecular complexity index is 1110. The van der Waals surface area contributed by atoms with Gasteiger partial charge in [-0.1, -0.05) is 19.1 Å². The number of benzene rings is 2. The number of carbonyl (C=O) groups is 4. The first-order valence-corrected chi connectivity index (χ1v) is 10.8. The SMILES string of the molecule is CC[C@@H](NC(=O)N1CC(=O)NC[C@H](Cc2cc(F)ccc2OC)C1=O)c1cccc(C(=O)O)c1. The second-order valence-electron chi connectivity index (χ2n) is 7.93. The van der Waals surface area contributed by atoms with Crippen LogP contribution < -0.4 is 15.4 Å². The summed E-state index contributed by atoms with van der Waals surface area (Å²) in [5, 5.41) is 14.6. The first-order chi connectivity index (χ1) is 16.2. The molecule has 1 heterocycles. The molecule has 1 aliphatic heterocycles. The molecular weight excluding hydrogens is 445 g/mol. The average molecular weight is 471 g/mol. The maximum Gasteiger partial charge on any atom is 0.335 e. The van der Waals surface area contributed by atoms with Gasteiger partial charge in [0, 0.05) is 6.54 Å². The Morgan fingerprint density at radius 1 is 1.26 bits per heavy atom. The third kappa shape index (κ3) is 5.69. The van der Waals surface area contributed by atoms with E-state index in [0.717, 1.165) is 4.90 Å².